The van der Waals surface area contributed by atoms with Gasteiger partial charge in [0, 0.05) is 33.2 Å². The standard InChI is InChI=1S/C16H19BrFNS/c1-11(2)19-9-12(7-14-8-13(17)10-20-14)15-5-3-4-6-16(15)18/h3-6,8,10-12,19H,7,9H2,1-2H3. The van der Waals surface area contributed by atoms with Gasteiger partial charge in [0.2, 0.25) is 0 Å². The second-order valence-electron chi connectivity index (χ2n) is 5.22. The van der Waals surface area contributed by atoms with Crippen molar-refractivity contribution in [3.05, 3.63) is 56.4 Å². The lowest BCUT2D eigenvalue weighted by atomic mass is 9.94. The molecule has 0 bridgehead atoms. The lowest BCUT2D eigenvalue weighted by Crippen LogP contribution is -2.29. The molecule has 1 heterocycles. The van der Waals surface area contributed by atoms with E-state index < -0.39 is 0 Å². The minimum absolute atomic E-state index is 0.112. The average Bonchev–Trinajstić information content (AvgIpc) is 2.81. The Kier molecular flexibility index (Phi) is 5.75. The van der Waals surface area contributed by atoms with E-state index in [2.05, 4.69) is 46.5 Å². The van der Waals surface area contributed by atoms with Gasteiger partial charge in [-0.1, -0.05) is 32.0 Å². The zero-order valence-corrected chi connectivity index (χ0v) is 14.1. The second kappa shape index (κ2) is 7.34. The normalized spacial score (nSPS) is 12.8. The molecule has 0 saturated carbocycles. The monoisotopic (exact) mass is 355 g/mol. The molecule has 1 N–H and O–H groups in total. The van der Waals surface area contributed by atoms with Crippen LogP contribution in [-0.4, -0.2) is 12.6 Å². The Labute approximate surface area is 132 Å². The van der Waals surface area contributed by atoms with Gasteiger partial charge in [0.15, 0.2) is 0 Å². The molecule has 0 amide bonds. The van der Waals surface area contributed by atoms with Gasteiger partial charge in [0.1, 0.15) is 5.82 Å². The molecule has 2 rings (SSSR count). The van der Waals surface area contributed by atoms with Gasteiger partial charge in [-0.3, -0.25) is 0 Å². The van der Waals surface area contributed by atoms with Crippen molar-refractivity contribution in [3.8, 4) is 0 Å². The van der Waals surface area contributed by atoms with E-state index in [-0.39, 0.29) is 11.7 Å². The highest BCUT2D eigenvalue weighted by atomic mass is 79.9. The van der Waals surface area contributed by atoms with Crippen molar-refractivity contribution < 1.29 is 4.39 Å². The van der Waals surface area contributed by atoms with Crippen LogP contribution in [0.1, 0.15) is 30.2 Å². The van der Waals surface area contributed by atoms with Crippen molar-refractivity contribution in [2.45, 2.75) is 32.2 Å². The number of nitrogens with one attached hydrogen (secondary N) is 1. The summed E-state index contributed by atoms with van der Waals surface area (Å²) in [5.74, 6) is 0.0443. The number of rotatable bonds is 6. The van der Waals surface area contributed by atoms with E-state index in [1.54, 1.807) is 23.5 Å². The van der Waals surface area contributed by atoms with Gasteiger partial charge in [-0.05, 0) is 40.0 Å². The highest BCUT2D eigenvalue weighted by molar-refractivity contribution is 9.10. The molecule has 0 fully saturated rings. The number of hydrogen-bond donors (Lipinski definition) is 1. The summed E-state index contributed by atoms with van der Waals surface area (Å²) in [6, 6.07) is 9.61. The van der Waals surface area contributed by atoms with E-state index in [1.807, 2.05) is 12.1 Å². The molecule has 4 heteroatoms. The summed E-state index contributed by atoms with van der Waals surface area (Å²) in [5, 5.41) is 5.50. The summed E-state index contributed by atoms with van der Waals surface area (Å²) in [5.41, 5.74) is 0.796. The van der Waals surface area contributed by atoms with E-state index >= 15 is 0 Å². The van der Waals surface area contributed by atoms with Crippen LogP contribution in [0.5, 0.6) is 0 Å². The minimum atomic E-state index is -0.112. The number of halogens is 2. The first-order valence-corrected chi connectivity index (χ1v) is 8.44. The van der Waals surface area contributed by atoms with Crippen molar-refractivity contribution in [1.29, 1.82) is 0 Å². The molecule has 0 radical (unpaired) electrons. The molecular weight excluding hydrogens is 337 g/mol. The zero-order valence-electron chi connectivity index (χ0n) is 11.7. The lowest BCUT2D eigenvalue weighted by Gasteiger charge is -2.19. The third kappa shape index (κ3) is 4.40. The zero-order chi connectivity index (χ0) is 14.5. The van der Waals surface area contributed by atoms with Crippen molar-refractivity contribution in [1.82, 2.24) is 5.32 Å². The number of thiophene rings is 1. The summed E-state index contributed by atoms with van der Waals surface area (Å²) in [4.78, 5) is 1.27. The highest BCUT2D eigenvalue weighted by Gasteiger charge is 2.17. The summed E-state index contributed by atoms with van der Waals surface area (Å²) in [6.07, 6.45) is 0.858. The quantitative estimate of drug-likeness (QED) is 0.770. The van der Waals surface area contributed by atoms with Gasteiger partial charge in [0.25, 0.3) is 0 Å². The molecule has 1 aromatic heterocycles. The fourth-order valence-electron chi connectivity index (χ4n) is 2.18. The third-order valence-electron chi connectivity index (χ3n) is 3.19. The first-order chi connectivity index (χ1) is 9.56. The van der Waals surface area contributed by atoms with Crippen LogP contribution in [0, 0.1) is 5.82 Å². The Morgan fingerprint density at radius 2 is 2.05 bits per heavy atom. The Bertz CT molecular complexity index is 553. The van der Waals surface area contributed by atoms with E-state index in [0.29, 0.717) is 6.04 Å². The first kappa shape index (κ1) is 15.7. The fourth-order valence-corrected chi connectivity index (χ4v) is 3.71. The van der Waals surface area contributed by atoms with Crippen molar-refractivity contribution in [3.63, 3.8) is 0 Å². The SMILES string of the molecule is CC(C)NCC(Cc1cc(Br)cs1)c1ccccc1F. The van der Waals surface area contributed by atoms with Crippen LogP contribution >= 0.6 is 27.3 Å². The first-order valence-electron chi connectivity index (χ1n) is 6.77. The van der Waals surface area contributed by atoms with Crippen molar-refractivity contribution in [2.75, 3.05) is 6.54 Å². The molecule has 1 atom stereocenters. The van der Waals surface area contributed by atoms with Crippen LogP contribution in [0.15, 0.2) is 40.2 Å². The van der Waals surface area contributed by atoms with Crippen LogP contribution in [0.25, 0.3) is 0 Å². The predicted octanol–water partition coefficient (Wildman–Crippen LogP) is 4.97. The molecule has 0 spiro atoms. The Balaban J connectivity index is 2.18. The molecule has 0 aliphatic heterocycles. The third-order valence-corrected chi connectivity index (χ3v) is 4.91. The summed E-state index contributed by atoms with van der Waals surface area (Å²) in [6.45, 7) is 5.01. The maximum Gasteiger partial charge on any atom is 0.126 e. The van der Waals surface area contributed by atoms with E-state index in [0.717, 1.165) is 23.0 Å². The van der Waals surface area contributed by atoms with Crippen molar-refractivity contribution in [2.24, 2.45) is 0 Å². The molecule has 108 valence electrons. The van der Waals surface area contributed by atoms with E-state index in [1.165, 1.54) is 4.88 Å². The number of hydrogen-bond acceptors (Lipinski definition) is 2. The van der Waals surface area contributed by atoms with Crippen LogP contribution < -0.4 is 5.32 Å². The van der Waals surface area contributed by atoms with E-state index in [9.17, 15) is 4.39 Å². The highest BCUT2D eigenvalue weighted by Crippen LogP contribution is 2.28. The fraction of sp³-hybridized carbons (Fsp3) is 0.375. The molecule has 0 saturated heterocycles. The summed E-state index contributed by atoms with van der Waals surface area (Å²) < 4.78 is 15.1. The van der Waals surface area contributed by atoms with Gasteiger partial charge >= 0.3 is 0 Å². The number of benzene rings is 1. The summed E-state index contributed by atoms with van der Waals surface area (Å²) >= 11 is 5.19. The molecule has 0 aliphatic rings. The lowest BCUT2D eigenvalue weighted by molar-refractivity contribution is 0.507. The van der Waals surface area contributed by atoms with Crippen LogP contribution in [0.2, 0.25) is 0 Å². The van der Waals surface area contributed by atoms with Crippen LogP contribution in [-0.2, 0) is 6.42 Å². The Morgan fingerprint density at radius 1 is 1.30 bits per heavy atom. The van der Waals surface area contributed by atoms with Gasteiger partial charge < -0.3 is 5.32 Å². The van der Waals surface area contributed by atoms with Gasteiger partial charge in [-0.2, -0.15) is 0 Å². The van der Waals surface area contributed by atoms with Gasteiger partial charge in [-0.25, -0.2) is 4.39 Å². The van der Waals surface area contributed by atoms with Crippen LogP contribution in [0.3, 0.4) is 0 Å². The van der Waals surface area contributed by atoms with Crippen LogP contribution in [0.4, 0.5) is 4.39 Å². The minimum Gasteiger partial charge on any atom is -0.314 e. The van der Waals surface area contributed by atoms with E-state index in [4.69, 9.17) is 0 Å². The Morgan fingerprint density at radius 3 is 2.65 bits per heavy atom. The molecule has 1 unspecified atom stereocenters. The molecule has 0 aliphatic carbocycles. The van der Waals surface area contributed by atoms with Gasteiger partial charge in [-0.15, -0.1) is 11.3 Å². The molecule has 1 aromatic carbocycles. The predicted molar refractivity (Wildman–Crippen MR) is 88.0 cm³/mol. The largest absolute Gasteiger partial charge is 0.314 e. The molecular formula is C16H19BrFNS. The molecule has 20 heavy (non-hydrogen) atoms. The smallest absolute Gasteiger partial charge is 0.126 e. The maximum absolute atomic E-state index is 14.0. The topological polar surface area (TPSA) is 12.0 Å². The second-order valence-corrected chi connectivity index (χ2v) is 7.13. The average molecular weight is 356 g/mol. The molecule has 1 nitrogen and oxygen atoms in total. The summed E-state index contributed by atoms with van der Waals surface area (Å²) in [7, 11) is 0. The van der Waals surface area contributed by atoms with Gasteiger partial charge in [0.05, 0.1) is 0 Å². The molecule has 2 aromatic rings. The Hall–Kier alpha value is -0.710. The maximum atomic E-state index is 14.0. The van der Waals surface area contributed by atoms with Crippen molar-refractivity contribution >= 4 is 27.3 Å².